The third-order valence-corrected chi connectivity index (χ3v) is 5.17. The predicted molar refractivity (Wildman–Crippen MR) is 72.0 cm³/mol. The van der Waals surface area contributed by atoms with E-state index >= 15 is 0 Å². The van der Waals surface area contributed by atoms with Gasteiger partial charge in [0.05, 0.1) is 0 Å². The maximum Gasteiger partial charge on any atom is 0.0226 e. The van der Waals surface area contributed by atoms with Crippen LogP contribution < -0.4 is 5.73 Å². The Bertz CT molecular complexity index is 417. The van der Waals surface area contributed by atoms with Gasteiger partial charge in [0.25, 0.3) is 0 Å². The molecule has 92 valence electrons. The number of rotatable bonds is 2. The van der Waals surface area contributed by atoms with Crippen LogP contribution in [0.4, 0.5) is 0 Å². The molecule has 1 aromatic rings. The Morgan fingerprint density at radius 3 is 2.47 bits per heavy atom. The van der Waals surface area contributed by atoms with Gasteiger partial charge in [-0.3, -0.25) is 0 Å². The zero-order valence-corrected chi connectivity index (χ0v) is 11.0. The summed E-state index contributed by atoms with van der Waals surface area (Å²) in [5.74, 6) is 1.71. The normalized spacial score (nSPS) is 35.5. The molecule has 1 aromatic carbocycles. The van der Waals surface area contributed by atoms with Crippen molar-refractivity contribution in [1.29, 1.82) is 0 Å². The van der Waals surface area contributed by atoms with E-state index in [0.29, 0.717) is 0 Å². The van der Waals surface area contributed by atoms with E-state index in [0.717, 1.165) is 18.3 Å². The van der Waals surface area contributed by atoms with Crippen molar-refractivity contribution in [3.8, 4) is 0 Å². The summed E-state index contributed by atoms with van der Waals surface area (Å²) >= 11 is 0. The van der Waals surface area contributed by atoms with Crippen molar-refractivity contribution in [3.63, 3.8) is 0 Å². The minimum atomic E-state index is 0.0970. The van der Waals surface area contributed by atoms with E-state index in [4.69, 9.17) is 5.73 Å². The standard InChI is InChI=1S/C16H23N/c1-11-4-3-5-12(2)15(11)10-16(17)9-13-6-7-14(16)8-13/h3-5,13-14H,6-10,17H2,1-2H3. The van der Waals surface area contributed by atoms with Crippen molar-refractivity contribution < 1.29 is 0 Å². The molecule has 0 heterocycles. The number of aryl methyl sites for hydroxylation is 2. The molecule has 3 rings (SSSR count). The minimum absolute atomic E-state index is 0.0970. The highest BCUT2D eigenvalue weighted by molar-refractivity contribution is 5.35. The Balaban J connectivity index is 1.88. The Morgan fingerprint density at radius 2 is 1.94 bits per heavy atom. The fraction of sp³-hybridized carbons (Fsp3) is 0.625. The van der Waals surface area contributed by atoms with Crippen LogP contribution in [-0.4, -0.2) is 5.54 Å². The minimum Gasteiger partial charge on any atom is -0.325 e. The van der Waals surface area contributed by atoms with Gasteiger partial charge in [0, 0.05) is 5.54 Å². The first-order chi connectivity index (χ1) is 8.08. The Kier molecular flexibility index (Phi) is 2.55. The van der Waals surface area contributed by atoms with Gasteiger partial charge in [-0.15, -0.1) is 0 Å². The lowest BCUT2D eigenvalue weighted by molar-refractivity contribution is 0.269. The van der Waals surface area contributed by atoms with E-state index in [2.05, 4.69) is 32.0 Å². The summed E-state index contributed by atoms with van der Waals surface area (Å²) in [5.41, 5.74) is 11.1. The summed E-state index contributed by atoms with van der Waals surface area (Å²) < 4.78 is 0. The second kappa shape index (κ2) is 3.84. The molecule has 2 N–H and O–H groups in total. The summed E-state index contributed by atoms with van der Waals surface area (Å²) in [6, 6.07) is 6.59. The van der Waals surface area contributed by atoms with Gasteiger partial charge < -0.3 is 5.73 Å². The summed E-state index contributed by atoms with van der Waals surface area (Å²) in [6.07, 6.45) is 6.53. The van der Waals surface area contributed by atoms with E-state index in [1.807, 2.05) is 0 Å². The van der Waals surface area contributed by atoms with Gasteiger partial charge in [-0.25, -0.2) is 0 Å². The average molecular weight is 229 g/mol. The molecule has 0 spiro atoms. The number of hydrogen-bond donors (Lipinski definition) is 1. The zero-order valence-electron chi connectivity index (χ0n) is 11.0. The average Bonchev–Trinajstić information content (AvgIpc) is 2.83. The lowest BCUT2D eigenvalue weighted by Gasteiger charge is -2.35. The lowest BCUT2D eigenvalue weighted by atomic mass is 9.76. The second-order valence-corrected chi connectivity index (χ2v) is 6.36. The molecule has 2 aliphatic rings. The van der Waals surface area contributed by atoms with Crippen LogP contribution in [0, 0.1) is 25.7 Å². The molecule has 2 saturated carbocycles. The van der Waals surface area contributed by atoms with Gasteiger partial charge in [-0.05, 0) is 68.1 Å². The summed E-state index contributed by atoms with van der Waals surface area (Å²) in [7, 11) is 0. The molecule has 0 saturated heterocycles. The first-order valence-electron chi connectivity index (χ1n) is 6.92. The molecule has 0 amide bonds. The van der Waals surface area contributed by atoms with Crippen LogP contribution in [0.15, 0.2) is 18.2 Å². The molecule has 3 unspecified atom stereocenters. The van der Waals surface area contributed by atoms with Gasteiger partial charge in [0.1, 0.15) is 0 Å². The van der Waals surface area contributed by atoms with Crippen LogP contribution in [-0.2, 0) is 6.42 Å². The van der Waals surface area contributed by atoms with Crippen LogP contribution in [0.25, 0.3) is 0 Å². The van der Waals surface area contributed by atoms with E-state index in [9.17, 15) is 0 Å². The number of benzene rings is 1. The lowest BCUT2D eigenvalue weighted by Crippen LogP contribution is -2.47. The van der Waals surface area contributed by atoms with E-state index in [1.54, 1.807) is 0 Å². The van der Waals surface area contributed by atoms with Crippen LogP contribution in [0.2, 0.25) is 0 Å². The van der Waals surface area contributed by atoms with Crippen LogP contribution in [0.3, 0.4) is 0 Å². The highest BCUT2D eigenvalue weighted by Crippen LogP contribution is 2.50. The fourth-order valence-corrected chi connectivity index (χ4v) is 4.16. The van der Waals surface area contributed by atoms with Crippen molar-refractivity contribution in [3.05, 3.63) is 34.9 Å². The zero-order chi connectivity index (χ0) is 12.0. The Morgan fingerprint density at radius 1 is 1.24 bits per heavy atom. The molecule has 0 radical (unpaired) electrons. The van der Waals surface area contributed by atoms with E-state index in [-0.39, 0.29) is 5.54 Å². The van der Waals surface area contributed by atoms with Crippen molar-refractivity contribution >= 4 is 0 Å². The van der Waals surface area contributed by atoms with E-state index < -0.39 is 0 Å². The molecule has 0 aliphatic heterocycles. The molecular weight excluding hydrogens is 206 g/mol. The molecule has 1 heteroatoms. The number of fused-ring (bicyclic) bond motifs is 2. The van der Waals surface area contributed by atoms with Crippen molar-refractivity contribution in [2.24, 2.45) is 17.6 Å². The molecule has 17 heavy (non-hydrogen) atoms. The van der Waals surface area contributed by atoms with Gasteiger partial charge in [-0.2, -0.15) is 0 Å². The van der Waals surface area contributed by atoms with Crippen LogP contribution in [0.5, 0.6) is 0 Å². The highest BCUT2D eigenvalue weighted by Gasteiger charge is 2.48. The monoisotopic (exact) mass is 229 g/mol. The smallest absolute Gasteiger partial charge is 0.0226 e. The van der Waals surface area contributed by atoms with E-state index in [1.165, 1.54) is 42.4 Å². The van der Waals surface area contributed by atoms with Crippen molar-refractivity contribution in [2.75, 3.05) is 0 Å². The largest absolute Gasteiger partial charge is 0.325 e. The topological polar surface area (TPSA) is 26.0 Å². The molecule has 2 aliphatic carbocycles. The van der Waals surface area contributed by atoms with Crippen molar-refractivity contribution in [2.45, 2.75) is 51.5 Å². The Hall–Kier alpha value is -0.820. The predicted octanol–water partition coefficient (Wildman–Crippen LogP) is 3.36. The van der Waals surface area contributed by atoms with Crippen LogP contribution in [0.1, 0.15) is 42.4 Å². The first kappa shape index (κ1) is 11.3. The SMILES string of the molecule is Cc1cccc(C)c1CC1(N)CC2CCC1C2. The van der Waals surface area contributed by atoms with Crippen molar-refractivity contribution in [1.82, 2.24) is 0 Å². The summed E-state index contributed by atoms with van der Waals surface area (Å²) in [5, 5.41) is 0. The molecular formula is C16H23N. The Labute approximate surface area is 104 Å². The second-order valence-electron chi connectivity index (χ2n) is 6.36. The first-order valence-corrected chi connectivity index (χ1v) is 6.92. The number of hydrogen-bond acceptors (Lipinski definition) is 1. The molecule has 0 aromatic heterocycles. The van der Waals surface area contributed by atoms with Gasteiger partial charge in [-0.1, -0.05) is 24.6 Å². The van der Waals surface area contributed by atoms with Gasteiger partial charge >= 0.3 is 0 Å². The maximum absolute atomic E-state index is 6.71. The third-order valence-electron chi connectivity index (χ3n) is 5.17. The summed E-state index contributed by atoms with van der Waals surface area (Å²) in [4.78, 5) is 0. The maximum atomic E-state index is 6.71. The van der Waals surface area contributed by atoms with Crippen LogP contribution >= 0.6 is 0 Å². The molecule has 2 fully saturated rings. The van der Waals surface area contributed by atoms with Gasteiger partial charge in [0.15, 0.2) is 0 Å². The quantitative estimate of drug-likeness (QED) is 0.826. The third kappa shape index (κ3) is 1.81. The number of nitrogens with two attached hydrogens (primary N) is 1. The highest BCUT2D eigenvalue weighted by atomic mass is 14.8. The van der Waals surface area contributed by atoms with Gasteiger partial charge in [0.2, 0.25) is 0 Å². The molecule has 2 bridgehead atoms. The molecule has 3 atom stereocenters. The fourth-order valence-electron chi connectivity index (χ4n) is 4.16. The summed E-state index contributed by atoms with van der Waals surface area (Å²) in [6.45, 7) is 4.44. The molecule has 1 nitrogen and oxygen atoms in total.